The van der Waals surface area contributed by atoms with Crippen LogP contribution in [0.3, 0.4) is 0 Å². The highest BCUT2D eigenvalue weighted by Gasteiger charge is 2.29. The van der Waals surface area contributed by atoms with Crippen LogP contribution in [0.15, 0.2) is 12.4 Å². The van der Waals surface area contributed by atoms with Gasteiger partial charge in [-0.25, -0.2) is 9.97 Å². The maximum absolute atomic E-state index is 11.6. The summed E-state index contributed by atoms with van der Waals surface area (Å²) >= 11 is 0. The number of carbonyl (C=O) groups excluding carboxylic acids is 1. The molecular weight excluding hydrogens is 240 g/mol. The van der Waals surface area contributed by atoms with Crippen molar-refractivity contribution in [3.8, 4) is 0 Å². The zero-order chi connectivity index (χ0) is 13.1. The Hall–Kier alpha value is -1.65. The number of amides is 1. The van der Waals surface area contributed by atoms with Crippen molar-refractivity contribution < 1.29 is 4.79 Å². The van der Waals surface area contributed by atoms with Crippen LogP contribution in [0.2, 0.25) is 0 Å². The molecule has 0 spiro atoms. The van der Waals surface area contributed by atoms with Crippen LogP contribution < -0.4 is 10.2 Å². The second-order valence-corrected chi connectivity index (χ2v) is 5.44. The number of anilines is 2. The van der Waals surface area contributed by atoms with Gasteiger partial charge in [0.15, 0.2) is 0 Å². The maximum Gasteiger partial charge on any atom is 0.227 e. The number of hydrogen-bond donors (Lipinski definition) is 1. The van der Waals surface area contributed by atoms with Crippen molar-refractivity contribution in [1.82, 2.24) is 9.97 Å². The first-order valence-electron chi connectivity index (χ1n) is 7.21. The molecular formula is C14H20N4O. The van der Waals surface area contributed by atoms with E-state index >= 15 is 0 Å². The molecule has 2 heterocycles. The van der Waals surface area contributed by atoms with Crippen LogP contribution in [0.4, 0.5) is 11.6 Å². The summed E-state index contributed by atoms with van der Waals surface area (Å²) in [6.45, 7) is 2.07. The molecule has 102 valence electrons. The lowest BCUT2D eigenvalue weighted by atomic mass is 10.2. The molecule has 1 aliphatic carbocycles. The molecule has 0 aromatic carbocycles. The summed E-state index contributed by atoms with van der Waals surface area (Å²) in [7, 11) is 0. The van der Waals surface area contributed by atoms with Crippen molar-refractivity contribution in [2.24, 2.45) is 5.92 Å². The number of nitrogens with zero attached hydrogens (tertiary/aromatic N) is 3. The standard InChI is InChI=1S/C14H20N4O/c19-13(11-5-6-11)17-12-9-15-14(16-10-12)18-7-3-1-2-4-8-18/h9-11H,1-8H2,(H,17,19). The van der Waals surface area contributed by atoms with Crippen molar-refractivity contribution in [1.29, 1.82) is 0 Å². The number of rotatable bonds is 3. The molecule has 5 heteroatoms. The summed E-state index contributed by atoms with van der Waals surface area (Å²) in [6, 6.07) is 0. The van der Waals surface area contributed by atoms with Gasteiger partial charge in [0, 0.05) is 19.0 Å². The molecule has 2 aliphatic rings. The zero-order valence-electron chi connectivity index (χ0n) is 11.1. The van der Waals surface area contributed by atoms with Gasteiger partial charge in [-0.3, -0.25) is 4.79 Å². The predicted octanol–water partition coefficient (Wildman–Crippen LogP) is 2.21. The van der Waals surface area contributed by atoms with E-state index in [9.17, 15) is 4.79 Å². The van der Waals surface area contributed by atoms with Crippen molar-refractivity contribution in [2.75, 3.05) is 23.3 Å². The molecule has 0 bridgehead atoms. The Morgan fingerprint density at radius 1 is 1.11 bits per heavy atom. The van der Waals surface area contributed by atoms with E-state index in [-0.39, 0.29) is 11.8 Å². The smallest absolute Gasteiger partial charge is 0.227 e. The van der Waals surface area contributed by atoms with Crippen LogP contribution in [0, 0.1) is 5.92 Å². The van der Waals surface area contributed by atoms with Gasteiger partial charge in [-0.2, -0.15) is 0 Å². The van der Waals surface area contributed by atoms with Gasteiger partial charge >= 0.3 is 0 Å². The van der Waals surface area contributed by atoms with Gasteiger partial charge in [-0.05, 0) is 25.7 Å². The van der Waals surface area contributed by atoms with Crippen molar-refractivity contribution in [3.63, 3.8) is 0 Å². The molecule has 0 radical (unpaired) electrons. The number of aromatic nitrogens is 2. The minimum Gasteiger partial charge on any atom is -0.341 e. The summed E-state index contributed by atoms with van der Waals surface area (Å²) < 4.78 is 0. The molecule has 1 amide bonds. The highest BCUT2D eigenvalue weighted by Crippen LogP contribution is 2.30. The Labute approximate surface area is 113 Å². The SMILES string of the molecule is O=C(Nc1cnc(N2CCCCCC2)nc1)C1CC1. The first kappa shape index (κ1) is 12.4. The van der Waals surface area contributed by atoms with E-state index in [1.807, 2.05) is 0 Å². The van der Waals surface area contributed by atoms with Crippen LogP contribution in [-0.4, -0.2) is 29.0 Å². The summed E-state index contributed by atoms with van der Waals surface area (Å²) in [5.74, 6) is 1.10. The highest BCUT2D eigenvalue weighted by molar-refractivity contribution is 5.93. The fourth-order valence-electron chi connectivity index (χ4n) is 2.41. The Morgan fingerprint density at radius 3 is 2.32 bits per heavy atom. The Balaban J connectivity index is 1.62. The molecule has 3 rings (SSSR count). The summed E-state index contributed by atoms with van der Waals surface area (Å²) in [6.07, 6.45) is 10.5. The van der Waals surface area contributed by atoms with Gasteiger partial charge in [-0.1, -0.05) is 12.8 Å². The average molecular weight is 260 g/mol. The minimum absolute atomic E-state index is 0.103. The third-order valence-corrected chi connectivity index (χ3v) is 3.74. The molecule has 19 heavy (non-hydrogen) atoms. The van der Waals surface area contributed by atoms with Crippen LogP contribution >= 0.6 is 0 Å². The van der Waals surface area contributed by atoms with Gasteiger partial charge in [0.2, 0.25) is 11.9 Å². The van der Waals surface area contributed by atoms with Gasteiger partial charge < -0.3 is 10.2 Å². The number of carbonyl (C=O) groups is 1. The van der Waals surface area contributed by atoms with Crippen molar-refractivity contribution >= 4 is 17.5 Å². The zero-order valence-corrected chi connectivity index (χ0v) is 11.1. The topological polar surface area (TPSA) is 58.1 Å². The fraction of sp³-hybridized carbons (Fsp3) is 0.643. The van der Waals surface area contributed by atoms with E-state index in [1.54, 1.807) is 12.4 Å². The van der Waals surface area contributed by atoms with E-state index in [0.717, 1.165) is 31.9 Å². The third-order valence-electron chi connectivity index (χ3n) is 3.74. The lowest BCUT2D eigenvalue weighted by Gasteiger charge is -2.19. The van der Waals surface area contributed by atoms with E-state index in [0.29, 0.717) is 5.69 Å². The molecule has 0 unspecified atom stereocenters. The first-order chi connectivity index (χ1) is 9.33. The molecule has 5 nitrogen and oxygen atoms in total. The Bertz CT molecular complexity index is 433. The Kier molecular flexibility index (Phi) is 3.62. The average Bonchev–Trinajstić information content (AvgIpc) is 3.27. The third kappa shape index (κ3) is 3.22. The summed E-state index contributed by atoms with van der Waals surface area (Å²) in [5.41, 5.74) is 0.704. The highest BCUT2D eigenvalue weighted by atomic mass is 16.2. The quantitative estimate of drug-likeness (QED) is 0.905. The maximum atomic E-state index is 11.6. The van der Waals surface area contributed by atoms with E-state index in [2.05, 4.69) is 20.2 Å². The Morgan fingerprint density at radius 2 is 1.74 bits per heavy atom. The molecule has 1 aromatic heterocycles. The number of hydrogen-bond acceptors (Lipinski definition) is 4. The number of nitrogens with one attached hydrogen (secondary N) is 1. The minimum atomic E-state index is 0.103. The molecule has 0 atom stereocenters. The monoisotopic (exact) mass is 260 g/mol. The summed E-state index contributed by atoms with van der Waals surface area (Å²) in [5, 5.41) is 2.86. The van der Waals surface area contributed by atoms with Crippen molar-refractivity contribution in [3.05, 3.63) is 12.4 Å². The van der Waals surface area contributed by atoms with Crippen molar-refractivity contribution in [2.45, 2.75) is 38.5 Å². The first-order valence-corrected chi connectivity index (χ1v) is 7.21. The van der Waals surface area contributed by atoms with Gasteiger partial charge in [0.25, 0.3) is 0 Å². The predicted molar refractivity (Wildman–Crippen MR) is 74.1 cm³/mol. The second kappa shape index (κ2) is 5.55. The second-order valence-electron chi connectivity index (χ2n) is 5.44. The molecule has 1 saturated heterocycles. The fourth-order valence-corrected chi connectivity index (χ4v) is 2.41. The van der Waals surface area contributed by atoms with E-state index < -0.39 is 0 Å². The largest absolute Gasteiger partial charge is 0.341 e. The molecule has 1 aromatic rings. The summed E-state index contributed by atoms with van der Waals surface area (Å²) in [4.78, 5) is 22.6. The lowest BCUT2D eigenvalue weighted by molar-refractivity contribution is -0.117. The molecule has 1 saturated carbocycles. The molecule has 1 N–H and O–H groups in total. The van der Waals surface area contributed by atoms with Gasteiger partial charge in [-0.15, -0.1) is 0 Å². The lowest BCUT2D eigenvalue weighted by Crippen LogP contribution is -2.26. The molecule has 2 fully saturated rings. The van der Waals surface area contributed by atoms with Crippen LogP contribution in [0.1, 0.15) is 38.5 Å². The van der Waals surface area contributed by atoms with Crippen LogP contribution in [0.5, 0.6) is 0 Å². The van der Waals surface area contributed by atoms with Gasteiger partial charge in [0.1, 0.15) is 0 Å². The van der Waals surface area contributed by atoms with Gasteiger partial charge in [0.05, 0.1) is 18.1 Å². The van der Waals surface area contributed by atoms with E-state index in [4.69, 9.17) is 0 Å². The molecule has 1 aliphatic heterocycles. The van der Waals surface area contributed by atoms with Crippen LogP contribution in [-0.2, 0) is 4.79 Å². The van der Waals surface area contributed by atoms with E-state index in [1.165, 1.54) is 25.7 Å². The van der Waals surface area contributed by atoms with Crippen LogP contribution in [0.25, 0.3) is 0 Å². The normalized spacial score (nSPS) is 19.9.